The van der Waals surface area contributed by atoms with Crippen molar-refractivity contribution in [3.05, 3.63) is 17.5 Å². The Balaban J connectivity index is 1.33. The molecule has 0 aromatic carbocycles. The highest BCUT2D eigenvalue weighted by Crippen LogP contribution is 2.29. The van der Waals surface area contributed by atoms with Gasteiger partial charge in [0, 0.05) is 39.3 Å². The van der Waals surface area contributed by atoms with Crippen LogP contribution in [-0.4, -0.2) is 94.6 Å². The van der Waals surface area contributed by atoms with Crippen LogP contribution in [0.2, 0.25) is 0 Å². The van der Waals surface area contributed by atoms with Crippen LogP contribution in [0, 0.1) is 0 Å². The molecule has 8 heteroatoms. The van der Waals surface area contributed by atoms with Gasteiger partial charge in [-0.1, -0.05) is 0 Å². The summed E-state index contributed by atoms with van der Waals surface area (Å²) in [6.45, 7) is 5.16. The Kier molecular flexibility index (Phi) is 4.84. The van der Waals surface area contributed by atoms with Gasteiger partial charge in [0.2, 0.25) is 0 Å². The number of nitrogens with zero attached hydrogens (tertiary/aromatic N) is 5. The number of H-pyrrole nitrogens is 1. The number of aromatic amines is 1. The molecule has 8 nitrogen and oxygen atoms in total. The number of carbonyl (C=O) groups is 2. The summed E-state index contributed by atoms with van der Waals surface area (Å²) in [5.74, 6) is -0.0404. The number of urea groups is 1. The summed E-state index contributed by atoms with van der Waals surface area (Å²) in [6, 6.07) is 2.36. The second-order valence-corrected chi connectivity index (χ2v) is 7.60. The molecule has 0 bridgehead atoms. The van der Waals surface area contributed by atoms with Gasteiger partial charge in [-0.15, -0.1) is 0 Å². The maximum Gasteiger partial charge on any atom is 0.320 e. The molecule has 3 fully saturated rings. The predicted molar refractivity (Wildman–Crippen MR) is 96.9 cm³/mol. The van der Waals surface area contributed by atoms with E-state index in [9.17, 15) is 9.59 Å². The van der Waals surface area contributed by atoms with Crippen molar-refractivity contribution in [2.24, 2.45) is 0 Å². The minimum absolute atomic E-state index is 0.0404. The van der Waals surface area contributed by atoms with Gasteiger partial charge in [0.25, 0.3) is 5.91 Å². The van der Waals surface area contributed by atoms with Crippen molar-refractivity contribution in [1.82, 2.24) is 29.8 Å². The molecular formula is C18H28N6O2. The lowest BCUT2D eigenvalue weighted by Gasteiger charge is -2.36. The van der Waals surface area contributed by atoms with Gasteiger partial charge in [0.15, 0.2) is 0 Å². The summed E-state index contributed by atoms with van der Waals surface area (Å²) < 4.78 is 0. The highest BCUT2D eigenvalue weighted by Gasteiger charge is 2.30. The third-order valence-electron chi connectivity index (χ3n) is 5.91. The second kappa shape index (κ2) is 7.26. The molecule has 1 aromatic heterocycles. The van der Waals surface area contributed by atoms with Gasteiger partial charge in [-0.05, 0) is 45.3 Å². The van der Waals surface area contributed by atoms with Gasteiger partial charge in [-0.25, -0.2) is 4.79 Å². The topological polar surface area (TPSA) is 75.8 Å². The molecule has 4 heterocycles. The van der Waals surface area contributed by atoms with Crippen LogP contribution < -0.4 is 0 Å². The number of piperazine rings is 1. The Hall–Kier alpha value is -2.09. The van der Waals surface area contributed by atoms with Crippen molar-refractivity contribution in [2.45, 2.75) is 31.7 Å². The normalized spacial score (nSPS) is 24.5. The van der Waals surface area contributed by atoms with Crippen molar-refractivity contribution in [3.63, 3.8) is 0 Å². The Labute approximate surface area is 154 Å². The van der Waals surface area contributed by atoms with Gasteiger partial charge in [-0.2, -0.15) is 5.10 Å². The van der Waals surface area contributed by atoms with Crippen LogP contribution in [0.4, 0.5) is 4.79 Å². The minimum Gasteiger partial charge on any atom is -0.334 e. The molecule has 26 heavy (non-hydrogen) atoms. The van der Waals surface area contributed by atoms with E-state index in [4.69, 9.17) is 0 Å². The smallest absolute Gasteiger partial charge is 0.320 e. The Morgan fingerprint density at radius 3 is 2.27 bits per heavy atom. The fraction of sp³-hybridized carbons (Fsp3) is 0.722. The Morgan fingerprint density at radius 1 is 0.962 bits per heavy atom. The molecule has 3 saturated heterocycles. The maximum absolute atomic E-state index is 12.8. The first kappa shape index (κ1) is 17.3. The van der Waals surface area contributed by atoms with E-state index in [1.54, 1.807) is 0 Å². The van der Waals surface area contributed by atoms with Gasteiger partial charge in [0.05, 0.1) is 11.7 Å². The van der Waals surface area contributed by atoms with E-state index in [1.807, 2.05) is 20.8 Å². The van der Waals surface area contributed by atoms with Gasteiger partial charge < -0.3 is 14.7 Å². The molecule has 1 N–H and O–H groups in total. The largest absolute Gasteiger partial charge is 0.334 e. The van der Waals surface area contributed by atoms with Crippen LogP contribution in [0.25, 0.3) is 0 Å². The van der Waals surface area contributed by atoms with E-state index in [2.05, 4.69) is 22.1 Å². The molecule has 3 aliphatic heterocycles. The molecule has 0 spiro atoms. The molecule has 4 rings (SSSR count). The highest BCUT2D eigenvalue weighted by molar-refractivity contribution is 5.92. The third kappa shape index (κ3) is 3.30. The SMILES string of the molecule is CN1CCCC1c1cc(C(=O)N2CCN(C(=O)N3CCCC3)CC2)n[nH]1. The Morgan fingerprint density at radius 2 is 1.62 bits per heavy atom. The van der Waals surface area contributed by atoms with Crippen molar-refractivity contribution >= 4 is 11.9 Å². The first-order valence-corrected chi connectivity index (χ1v) is 9.72. The van der Waals surface area contributed by atoms with Gasteiger partial charge in [-0.3, -0.25) is 14.8 Å². The van der Waals surface area contributed by atoms with Crippen molar-refractivity contribution in [2.75, 3.05) is 52.9 Å². The fourth-order valence-corrected chi connectivity index (χ4v) is 4.29. The lowest BCUT2D eigenvalue weighted by atomic mass is 10.1. The summed E-state index contributed by atoms with van der Waals surface area (Å²) in [7, 11) is 2.11. The number of amides is 3. The maximum atomic E-state index is 12.8. The monoisotopic (exact) mass is 360 g/mol. The van der Waals surface area contributed by atoms with Crippen LogP contribution >= 0.6 is 0 Å². The average Bonchev–Trinajstić information content (AvgIpc) is 3.41. The first-order chi connectivity index (χ1) is 12.6. The molecule has 1 atom stereocenters. The molecule has 142 valence electrons. The number of nitrogens with one attached hydrogen (secondary N) is 1. The minimum atomic E-state index is -0.0404. The zero-order chi connectivity index (χ0) is 18.1. The fourth-order valence-electron chi connectivity index (χ4n) is 4.29. The van der Waals surface area contributed by atoms with E-state index in [1.165, 1.54) is 6.42 Å². The molecule has 0 radical (unpaired) electrons. The average molecular weight is 360 g/mol. The molecular weight excluding hydrogens is 332 g/mol. The quantitative estimate of drug-likeness (QED) is 0.858. The summed E-state index contributed by atoms with van der Waals surface area (Å²) in [4.78, 5) is 33.1. The van der Waals surface area contributed by atoms with E-state index in [-0.39, 0.29) is 11.9 Å². The molecule has 1 aromatic rings. The van der Waals surface area contributed by atoms with E-state index in [0.29, 0.717) is 37.9 Å². The number of hydrogen-bond acceptors (Lipinski definition) is 4. The zero-order valence-electron chi connectivity index (χ0n) is 15.5. The molecule has 3 aliphatic rings. The predicted octanol–water partition coefficient (Wildman–Crippen LogP) is 1.15. The van der Waals surface area contributed by atoms with Crippen LogP contribution in [0.1, 0.15) is 47.9 Å². The first-order valence-electron chi connectivity index (χ1n) is 9.72. The molecule has 1 unspecified atom stereocenters. The summed E-state index contributed by atoms with van der Waals surface area (Å²) in [5, 5.41) is 7.31. The zero-order valence-corrected chi connectivity index (χ0v) is 15.5. The number of hydrogen-bond donors (Lipinski definition) is 1. The highest BCUT2D eigenvalue weighted by atomic mass is 16.2. The van der Waals surface area contributed by atoms with Crippen LogP contribution in [-0.2, 0) is 0 Å². The van der Waals surface area contributed by atoms with E-state index < -0.39 is 0 Å². The van der Waals surface area contributed by atoms with E-state index >= 15 is 0 Å². The molecule has 0 saturated carbocycles. The summed E-state index contributed by atoms with van der Waals surface area (Å²) in [5.41, 5.74) is 1.51. The lowest BCUT2D eigenvalue weighted by Crippen LogP contribution is -2.53. The van der Waals surface area contributed by atoms with Crippen LogP contribution in [0.15, 0.2) is 6.07 Å². The van der Waals surface area contributed by atoms with Gasteiger partial charge >= 0.3 is 6.03 Å². The number of aromatic nitrogens is 2. The van der Waals surface area contributed by atoms with Crippen LogP contribution in [0.5, 0.6) is 0 Å². The standard InChI is InChI=1S/C18H28N6O2/c1-21-6-4-5-16(21)14-13-15(20-19-14)17(25)22-9-11-24(12-10-22)18(26)23-7-2-3-8-23/h13,16H,2-12H2,1H3,(H,19,20). The second-order valence-electron chi connectivity index (χ2n) is 7.60. The summed E-state index contributed by atoms with van der Waals surface area (Å²) >= 11 is 0. The van der Waals surface area contributed by atoms with Crippen molar-refractivity contribution in [1.29, 1.82) is 0 Å². The van der Waals surface area contributed by atoms with E-state index in [0.717, 1.165) is 44.6 Å². The molecule has 3 amide bonds. The number of carbonyl (C=O) groups excluding carboxylic acids is 2. The van der Waals surface area contributed by atoms with Crippen molar-refractivity contribution < 1.29 is 9.59 Å². The van der Waals surface area contributed by atoms with Crippen molar-refractivity contribution in [3.8, 4) is 0 Å². The van der Waals surface area contributed by atoms with Gasteiger partial charge in [0.1, 0.15) is 5.69 Å². The van der Waals surface area contributed by atoms with Crippen LogP contribution in [0.3, 0.4) is 0 Å². The number of likely N-dealkylation sites (tertiary alicyclic amines) is 2. The Bertz CT molecular complexity index is 660. The third-order valence-corrected chi connectivity index (χ3v) is 5.91. The number of rotatable bonds is 2. The summed E-state index contributed by atoms with van der Waals surface area (Å²) in [6.07, 6.45) is 4.48. The lowest BCUT2D eigenvalue weighted by molar-refractivity contribution is 0.0639. The molecule has 0 aliphatic carbocycles.